The van der Waals surface area contributed by atoms with Crippen LogP contribution in [0.3, 0.4) is 0 Å². The van der Waals surface area contributed by atoms with Gasteiger partial charge in [0.2, 0.25) is 5.91 Å². The molecule has 0 spiro atoms. The van der Waals surface area contributed by atoms with Crippen LogP contribution in [0.2, 0.25) is 0 Å². The maximum atomic E-state index is 11.8. The van der Waals surface area contributed by atoms with Crippen molar-refractivity contribution in [3.8, 4) is 0 Å². The molecule has 1 aromatic rings. The van der Waals surface area contributed by atoms with Gasteiger partial charge in [-0.05, 0) is 31.0 Å². The monoisotopic (exact) mass is 345 g/mol. The fourth-order valence-corrected chi connectivity index (χ4v) is 1.78. The average molecular weight is 346 g/mol. The molecule has 0 saturated heterocycles. The first-order valence-electron chi connectivity index (χ1n) is 6.16. The van der Waals surface area contributed by atoms with Crippen LogP contribution in [0.5, 0.6) is 0 Å². The Morgan fingerprint density at radius 1 is 1.30 bits per heavy atom. The summed E-state index contributed by atoms with van der Waals surface area (Å²) in [5.74, 6) is -0.327. The number of halogens is 2. The Bertz CT molecular complexity index is 483. The molecular formula is C13H17BrFN3O2. The molecule has 0 aliphatic heterocycles. The van der Waals surface area contributed by atoms with Gasteiger partial charge in [-0.25, -0.2) is 4.79 Å². The highest BCUT2D eigenvalue weighted by Crippen LogP contribution is 2.20. The summed E-state index contributed by atoms with van der Waals surface area (Å²) in [5, 5.41) is 7.55. The van der Waals surface area contributed by atoms with Gasteiger partial charge < -0.3 is 16.0 Å². The molecule has 0 fully saturated rings. The molecule has 1 rings (SSSR count). The van der Waals surface area contributed by atoms with Crippen molar-refractivity contribution in [3.05, 3.63) is 28.2 Å². The minimum Gasteiger partial charge on any atom is -0.338 e. The average Bonchev–Trinajstić information content (AvgIpc) is 2.41. The third-order valence-electron chi connectivity index (χ3n) is 2.48. The topological polar surface area (TPSA) is 70.2 Å². The summed E-state index contributed by atoms with van der Waals surface area (Å²) in [6.07, 6.45) is 0.261. The summed E-state index contributed by atoms with van der Waals surface area (Å²) in [6.45, 7) is 1.49. The first-order valence-corrected chi connectivity index (χ1v) is 6.96. The number of alkyl halides is 1. The van der Waals surface area contributed by atoms with E-state index in [0.29, 0.717) is 5.69 Å². The number of carbonyl (C=O) groups excluding carboxylic acids is 2. The van der Waals surface area contributed by atoms with Gasteiger partial charge in [0.1, 0.15) is 0 Å². The Balaban J connectivity index is 2.36. The molecule has 3 amide bonds. The fourth-order valence-electron chi connectivity index (χ4n) is 1.42. The lowest BCUT2D eigenvalue weighted by molar-refractivity contribution is -0.115. The minimum absolute atomic E-state index is 0.145. The van der Waals surface area contributed by atoms with E-state index in [1.54, 1.807) is 6.07 Å². The molecule has 0 heterocycles. The Hall–Kier alpha value is -1.63. The molecular weight excluding hydrogens is 329 g/mol. The van der Waals surface area contributed by atoms with E-state index < -0.39 is 12.7 Å². The number of hydrogen-bond donors (Lipinski definition) is 3. The number of benzene rings is 1. The van der Waals surface area contributed by atoms with Crippen LogP contribution in [0.15, 0.2) is 22.7 Å². The van der Waals surface area contributed by atoms with Gasteiger partial charge in [0.15, 0.2) is 0 Å². The van der Waals surface area contributed by atoms with Gasteiger partial charge in [0, 0.05) is 16.7 Å². The highest BCUT2D eigenvalue weighted by Gasteiger charge is 2.07. The van der Waals surface area contributed by atoms with Gasteiger partial charge in [-0.15, -0.1) is 0 Å². The largest absolute Gasteiger partial charge is 0.338 e. The van der Waals surface area contributed by atoms with Crippen LogP contribution < -0.4 is 16.0 Å². The van der Waals surface area contributed by atoms with Crippen molar-refractivity contribution in [3.63, 3.8) is 0 Å². The first-order chi connectivity index (χ1) is 9.52. The van der Waals surface area contributed by atoms with E-state index in [0.717, 1.165) is 10.0 Å². The van der Waals surface area contributed by atoms with Crippen LogP contribution in [0.25, 0.3) is 0 Å². The zero-order valence-corrected chi connectivity index (χ0v) is 12.7. The molecule has 0 aromatic heterocycles. The minimum atomic E-state index is -0.487. The van der Waals surface area contributed by atoms with E-state index in [2.05, 4.69) is 31.9 Å². The predicted octanol–water partition coefficient (Wildman–Crippen LogP) is 2.35. The predicted molar refractivity (Wildman–Crippen MR) is 79.5 cm³/mol. The van der Waals surface area contributed by atoms with E-state index >= 15 is 0 Å². The Morgan fingerprint density at radius 2 is 2.05 bits per heavy atom. The number of anilines is 1. The normalized spacial score (nSPS) is 9.95. The summed E-state index contributed by atoms with van der Waals surface area (Å²) in [5.41, 5.74) is 1.61. The number of aryl methyl sites for hydroxylation is 1. The summed E-state index contributed by atoms with van der Waals surface area (Å²) in [6, 6.07) is 5.05. The van der Waals surface area contributed by atoms with Gasteiger partial charge >= 0.3 is 6.03 Å². The lowest BCUT2D eigenvalue weighted by atomic mass is 10.2. The summed E-state index contributed by atoms with van der Waals surface area (Å²) < 4.78 is 12.7. The maximum absolute atomic E-state index is 11.8. The molecule has 0 saturated carbocycles. The molecule has 0 aliphatic carbocycles. The molecule has 0 radical (unpaired) electrons. The standard InChI is InChI=1S/C13H17BrFN3O2/c1-9-3-4-10(14)7-11(9)18-12(19)8-17-13(20)16-6-2-5-15/h3-4,7H,2,5-6,8H2,1H3,(H,18,19)(H2,16,17,20). The third kappa shape index (κ3) is 6.01. The van der Waals surface area contributed by atoms with Crippen LogP contribution >= 0.6 is 15.9 Å². The van der Waals surface area contributed by atoms with Gasteiger partial charge in [-0.1, -0.05) is 22.0 Å². The van der Waals surface area contributed by atoms with E-state index in [1.165, 1.54) is 0 Å². The summed E-state index contributed by atoms with van der Waals surface area (Å²) in [4.78, 5) is 22.9. The first kappa shape index (κ1) is 16.4. The van der Waals surface area contributed by atoms with Crippen molar-refractivity contribution in [2.75, 3.05) is 25.1 Å². The molecule has 0 aliphatic rings. The zero-order valence-electron chi connectivity index (χ0n) is 11.1. The lowest BCUT2D eigenvalue weighted by Gasteiger charge is -2.10. The number of carbonyl (C=O) groups is 2. The Labute approximate surface area is 125 Å². The van der Waals surface area contributed by atoms with Gasteiger partial charge in [-0.3, -0.25) is 9.18 Å². The number of amides is 3. The Kier molecular flexibility index (Phi) is 7.00. The molecule has 1 aromatic carbocycles. The number of hydrogen-bond acceptors (Lipinski definition) is 2. The second-order valence-electron chi connectivity index (χ2n) is 4.16. The molecule has 110 valence electrons. The van der Waals surface area contributed by atoms with Gasteiger partial charge in [-0.2, -0.15) is 0 Å². The van der Waals surface area contributed by atoms with Crippen LogP contribution in [0.4, 0.5) is 14.9 Å². The molecule has 20 heavy (non-hydrogen) atoms. The highest BCUT2D eigenvalue weighted by atomic mass is 79.9. The van der Waals surface area contributed by atoms with Gasteiger partial charge in [0.05, 0.1) is 13.2 Å². The van der Waals surface area contributed by atoms with Crippen molar-refractivity contribution in [1.29, 1.82) is 0 Å². The number of nitrogens with one attached hydrogen (secondary N) is 3. The quantitative estimate of drug-likeness (QED) is 0.692. The van der Waals surface area contributed by atoms with E-state index in [4.69, 9.17) is 0 Å². The molecule has 0 atom stereocenters. The second kappa shape index (κ2) is 8.52. The van der Waals surface area contributed by atoms with Crippen LogP contribution in [-0.2, 0) is 4.79 Å². The van der Waals surface area contributed by atoms with Gasteiger partial charge in [0.25, 0.3) is 0 Å². The van der Waals surface area contributed by atoms with E-state index in [1.807, 2.05) is 19.1 Å². The molecule has 0 unspecified atom stereocenters. The maximum Gasteiger partial charge on any atom is 0.315 e. The van der Waals surface area contributed by atoms with Crippen molar-refractivity contribution in [1.82, 2.24) is 10.6 Å². The smallest absolute Gasteiger partial charge is 0.315 e. The fraction of sp³-hybridized carbons (Fsp3) is 0.385. The summed E-state index contributed by atoms with van der Waals surface area (Å²) >= 11 is 3.32. The lowest BCUT2D eigenvalue weighted by Crippen LogP contribution is -2.40. The molecule has 3 N–H and O–H groups in total. The van der Waals surface area contributed by atoms with Crippen LogP contribution in [0, 0.1) is 6.92 Å². The zero-order chi connectivity index (χ0) is 15.0. The number of rotatable bonds is 6. The van der Waals surface area contributed by atoms with Crippen molar-refractivity contribution >= 4 is 33.6 Å². The third-order valence-corrected chi connectivity index (χ3v) is 2.97. The SMILES string of the molecule is Cc1ccc(Br)cc1NC(=O)CNC(=O)NCCCF. The number of urea groups is 1. The molecule has 7 heteroatoms. The van der Waals surface area contributed by atoms with Crippen molar-refractivity contribution in [2.45, 2.75) is 13.3 Å². The highest BCUT2D eigenvalue weighted by molar-refractivity contribution is 9.10. The van der Waals surface area contributed by atoms with Crippen molar-refractivity contribution in [2.24, 2.45) is 0 Å². The second-order valence-corrected chi connectivity index (χ2v) is 5.08. The Morgan fingerprint density at radius 3 is 2.75 bits per heavy atom. The van der Waals surface area contributed by atoms with Crippen molar-refractivity contribution < 1.29 is 14.0 Å². The van der Waals surface area contributed by atoms with E-state index in [9.17, 15) is 14.0 Å². The van der Waals surface area contributed by atoms with Crippen LogP contribution in [0.1, 0.15) is 12.0 Å². The van der Waals surface area contributed by atoms with Crippen LogP contribution in [-0.4, -0.2) is 31.7 Å². The van der Waals surface area contributed by atoms with E-state index in [-0.39, 0.29) is 25.4 Å². The molecule has 0 bridgehead atoms. The summed E-state index contributed by atoms with van der Waals surface area (Å²) in [7, 11) is 0. The molecule has 5 nitrogen and oxygen atoms in total.